The Kier molecular flexibility index (Phi) is 6.26. The van der Waals surface area contributed by atoms with Crippen LogP contribution >= 0.6 is 0 Å². The molecule has 2 amide bonds. The van der Waals surface area contributed by atoms with Crippen molar-refractivity contribution in [3.63, 3.8) is 0 Å². The molecule has 1 aliphatic carbocycles. The number of amides is 2. The Balaban J connectivity index is 1.51. The lowest BCUT2D eigenvalue weighted by molar-refractivity contribution is -0.137. The van der Waals surface area contributed by atoms with E-state index in [1.54, 1.807) is 6.92 Å². The van der Waals surface area contributed by atoms with Crippen LogP contribution in [0.5, 0.6) is 0 Å². The maximum absolute atomic E-state index is 13.3. The number of hydrogen-bond acceptors (Lipinski definition) is 4. The fraction of sp³-hybridized carbons (Fsp3) is 0.333. The highest BCUT2D eigenvalue weighted by atomic mass is 32.2. The third-order valence-electron chi connectivity index (χ3n) is 6.23. The molecule has 2 aromatic carbocycles. The predicted molar refractivity (Wildman–Crippen MR) is 122 cm³/mol. The molecule has 1 heterocycles. The summed E-state index contributed by atoms with van der Waals surface area (Å²) in [6.07, 6.45) is -2.56. The van der Waals surface area contributed by atoms with Crippen LogP contribution in [0.25, 0.3) is 0 Å². The molecule has 1 N–H and O–H groups in total. The zero-order valence-electron chi connectivity index (χ0n) is 19.2. The van der Waals surface area contributed by atoms with Crippen LogP contribution < -0.4 is 5.32 Å². The smallest absolute Gasteiger partial charge is 0.348 e. The van der Waals surface area contributed by atoms with E-state index in [4.69, 9.17) is 0 Å². The molecule has 0 unspecified atom stereocenters. The van der Waals surface area contributed by atoms with E-state index in [1.807, 2.05) is 6.08 Å². The topological polar surface area (TPSA) is 86.8 Å². The van der Waals surface area contributed by atoms with E-state index in [-0.39, 0.29) is 22.9 Å². The van der Waals surface area contributed by atoms with Crippen molar-refractivity contribution >= 4 is 21.8 Å². The summed E-state index contributed by atoms with van der Waals surface area (Å²) in [7, 11) is -0.963. The second-order valence-electron chi connectivity index (χ2n) is 8.81. The van der Waals surface area contributed by atoms with E-state index in [9.17, 15) is 31.2 Å². The molecule has 0 bridgehead atoms. The lowest BCUT2D eigenvalue weighted by atomic mass is 10.0. The van der Waals surface area contributed by atoms with Gasteiger partial charge in [0.15, 0.2) is 0 Å². The molecule has 1 aliphatic heterocycles. The number of halogens is 3. The lowest BCUT2D eigenvalue weighted by Crippen LogP contribution is -2.48. The van der Waals surface area contributed by atoms with Gasteiger partial charge in [-0.3, -0.25) is 9.59 Å². The number of fused-ring (bicyclic) bond motifs is 1. The van der Waals surface area contributed by atoms with Crippen LogP contribution in [0.15, 0.2) is 65.1 Å². The second kappa shape index (κ2) is 8.80. The number of carbonyl (C=O) groups is 2. The number of benzene rings is 2. The van der Waals surface area contributed by atoms with E-state index in [0.29, 0.717) is 5.56 Å². The van der Waals surface area contributed by atoms with E-state index in [2.05, 4.69) is 5.32 Å². The largest absolute Gasteiger partial charge is 0.416 e. The summed E-state index contributed by atoms with van der Waals surface area (Å²) in [6.45, 7) is 1.90. The molecule has 1 saturated heterocycles. The van der Waals surface area contributed by atoms with Gasteiger partial charge in [-0.2, -0.15) is 13.2 Å². The third kappa shape index (κ3) is 4.83. The summed E-state index contributed by atoms with van der Waals surface area (Å²) in [5.74, 6) is -1.11. The van der Waals surface area contributed by atoms with Gasteiger partial charge in [-0.1, -0.05) is 24.3 Å². The average molecular weight is 508 g/mol. The maximum Gasteiger partial charge on any atom is 0.416 e. The highest BCUT2D eigenvalue weighted by Crippen LogP contribution is 2.43. The van der Waals surface area contributed by atoms with Gasteiger partial charge in [0.2, 0.25) is 15.9 Å². The van der Waals surface area contributed by atoms with Crippen molar-refractivity contribution in [1.29, 1.82) is 0 Å². The van der Waals surface area contributed by atoms with E-state index in [0.717, 1.165) is 22.0 Å². The minimum atomic E-state index is -4.45. The normalized spacial score (nSPS) is 20.3. The van der Waals surface area contributed by atoms with Crippen molar-refractivity contribution in [3.05, 3.63) is 76.9 Å². The van der Waals surface area contributed by atoms with Crippen LogP contribution in [-0.2, 0) is 21.0 Å². The number of rotatable bonds is 6. The van der Waals surface area contributed by atoms with Gasteiger partial charge in [-0.25, -0.2) is 12.7 Å². The van der Waals surface area contributed by atoms with Gasteiger partial charge < -0.3 is 10.2 Å². The van der Waals surface area contributed by atoms with Gasteiger partial charge in [-0.05, 0) is 48.4 Å². The first-order chi connectivity index (χ1) is 16.3. The first kappa shape index (κ1) is 24.9. The van der Waals surface area contributed by atoms with E-state index < -0.39 is 45.7 Å². The molecule has 3 atom stereocenters. The summed E-state index contributed by atoms with van der Waals surface area (Å²) in [5.41, 5.74) is 0.798. The van der Waals surface area contributed by atoms with Crippen LogP contribution in [0.1, 0.15) is 34.5 Å². The molecule has 2 aromatic rings. The standard InChI is InChI=1S/C24H24F3N3O4S/c1-14(15-7-9-18(10-8-15)24(25,26)27)28-22(31)21-20-12-17(20)13-30(21)23(32)16-5-4-6-19(11-16)35(33,34)29(2)3/h4-12,14,20-21H,13H2,1-3H3,(H,28,31)/t14-,20-,21-/m1/s1. The minimum absolute atomic E-state index is 0.0335. The van der Waals surface area contributed by atoms with Gasteiger partial charge in [-0.15, -0.1) is 0 Å². The Hall–Kier alpha value is -3.18. The summed E-state index contributed by atoms with van der Waals surface area (Å²) in [6, 6.07) is 8.78. The minimum Gasteiger partial charge on any atom is -0.348 e. The van der Waals surface area contributed by atoms with Gasteiger partial charge in [0.05, 0.1) is 16.5 Å². The third-order valence-corrected chi connectivity index (χ3v) is 8.04. The molecule has 4 rings (SSSR count). The van der Waals surface area contributed by atoms with Gasteiger partial charge >= 0.3 is 6.18 Å². The van der Waals surface area contributed by atoms with Crippen LogP contribution in [-0.4, -0.2) is 56.1 Å². The molecule has 0 spiro atoms. The number of carbonyl (C=O) groups excluding carboxylic acids is 2. The predicted octanol–water partition coefficient (Wildman–Crippen LogP) is 3.21. The highest BCUT2D eigenvalue weighted by Gasteiger charge is 2.50. The number of alkyl halides is 3. The van der Waals surface area contributed by atoms with Crippen molar-refractivity contribution in [3.8, 4) is 0 Å². The summed E-state index contributed by atoms with van der Waals surface area (Å²) < 4.78 is 64.4. The van der Waals surface area contributed by atoms with Gasteiger partial charge in [0.1, 0.15) is 6.04 Å². The van der Waals surface area contributed by atoms with Crippen molar-refractivity contribution in [2.45, 2.75) is 30.1 Å². The Morgan fingerprint density at radius 2 is 1.77 bits per heavy atom. The Morgan fingerprint density at radius 3 is 2.37 bits per heavy atom. The Labute approximate surface area is 201 Å². The number of hydrogen-bond donors (Lipinski definition) is 1. The van der Waals surface area contributed by atoms with Crippen molar-refractivity contribution in [1.82, 2.24) is 14.5 Å². The van der Waals surface area contributed by atoms with Gasteiger partial charge in [0, 0.05) is 32.1 Å². The summed E-state index contributed by atoms with van der Waals surface area (Å²) in [5, 5.41) is 2.79. The second-order valence-corrected chi connectivity index (χ2v) is 11.0. The van der Waals surface area contributed by atoms with Crippen molar-refractivity contribution < 1.29 is 31.2 Å². The molecule has 0 radical (unpaired) electrons. The molecular weight excluding hydrogens is 483 g/mol. The number of likely N-dealkylation sites (tertiary alicyclic amines) is 1. The van der Waals surface area contributed by atoms with Crippen LogP contribution in [0.3, 0.4) is 0 Å². The molecule has 0 aromatic heterocycles. The monoisotopic (exact) mass is 507 g/mol. The van der Waals surface area contributed by atoms with Crippen LogP contribution in [0, 0.1) is 5.92 Å². The lowest BCUT2D eigenvalue weighted by Gasteiger charge is -2.27. The molecule has 186 valence electrons. The molecule has 7 nitrogen and oxygen atoms in total. The molecule has 1 fully saturated rings. The fourth-order valence-electron chi connectivity index (χ4n) is 4.14. The van der Waals surface area contributed by atoms with Crippen LogP contribution in [0.4, 0.5) is 13.2 Å². The highest BCUT2D eigenvalue weighted by molar-refractivity contribution is 7.89. The van der Waals surface area contributed by atoms with Crippen molar-refractivity contribution in [2.75, 3.05) is 20.6 Å². The number of sulfonamides is 1. The molecule has 0 saturated carbocycles. The Bertz CT molecular complexity index is 1300. The van der Waals surface area contributed by atoms with Crippen molar-refractivity contribution in [2.24, 2.45) is 5.92 Å². The van der Waals surface area contributed by atoms with Crippen LogP contribution in [0.2, 0.25) is 0 Å². The fourth-order valence-corrected chi connectivity index (χ4v) is 5.08. The van der Waals surface area contributed by atoms with Gasteiger partial charge in [0.25, 0.3) is 5.91 Å². The first-order valence-corrected chi connectivity index (χ1v) is 12.3. The number of nitrogens with one attached hydrogen (secondary N) is 1. The zero-order chi connectivity index (χ0) is 25.7. The summed E-state index contributed by atoms with van der Waals surface area (Å²) in [4.78, 5) is 27.8. The average Bonchev–Trinajstić information content (AvgIpc) is 3.46. The van der Waals surface area contributed by atoms with E-state index in [1.165, 1.54) is 55.4 Å². The first-order valence-electron chi connectivity index (χ1n) is 10.8. The molecule has 2 aliphatic rings. The maximum atomic E-state index is 13.3. The molecule has 11 heteroatoms. The number of nitrogens with zero attached hydrogens (tertiary/aromatic N) is 2. The SMILES string of the molecule is C[C@@H](NC(=O)[C@H]1[C@@H]2C=C2CN1C(=O)c1cccc(S(=O)(=O)N(C)C)c1)c1ccc(C(F)(F)F)cc1. The zero-order valence-corrected chi connectivity index (χ0v) is 20.0. The molecule has 35 heavy (non-hydrogen) atoms. The summed E-state index contributed by atoms with van der Waals surface area (Å²) >= 11 is 0. The Morgan fingerprint density at radius 1 is 1.11 bits per heavy atom. The van der Waals surface area contributed by atoms with E-state index >= 15 is 0 Å². The molecular formula is C24H24F3N3O4S. The quantitative estimate of drug-likeness (QED) is 0.609.